The zero-order chi connectivity index (χ0) is 14.7. The number of halogens is 2. The molecule has 2 rings (SSSR count). The number of rotatable bonds is 4. The Labute approximate surface area is 143 Å². The number of hydrogen-bond donors (Lipinski definition) is 1. The molecule has 2 aromatic rings. The van der Waals surface area contributed by atoms with Crippen LogP contribution in [0.1, 0.15) is 35.2 Å². The third kappa shape index (κ3) is 3.62. The molecule has 0 spiro atoms. The second kappa shape index (κ2) is 7.05. The largest absolute Gasteiger partial charge is 0.307 e. The van der Waals surface area contributed by atoms with Gasteiger partial charge in [0.25, 0.3) is 0 Å². The molecule has 1 N–H and O–H groups in total. The summed E-state index contributed by atoms with van der Waals surface area (Å²) < 4.78 is 2.45. The molecule has 0 amide bonds. The molecule has 1 nitrogen and oxygen atoms in total. The van der Waals surface area contributed by atoms with E-state index in [1.54, 1.807) is 0 Å². The van der Waals surface area contributed by atoms with E-state index in [0.717, 1.165) is 6.54 Å². The lowest BCUT2D eigenvalue weighted by Gasteiger charge is -2.22. The Morgan fingerprint density at radius 2 is 1.75 bits per heavy atom. The molecule has 1 unspecified atom stereocenters. The highest BCUT2D eigenvalue weighted by Crippen LogP contribution is 2.29. The monoisotopic (exact) mass is 443 g/mol. The Morgan fingerprint density at radius 1 is 1.10 bits per heavy atom. The highest BCUT2D eigenvalue weighted by molar-refractivity contribution is 14.1. The minimum Gasteiger partial charge on any atom is -0.307 e. The maximum absolute atomic E-state index is 3.61. The van der Waals surface area contributed by atoms with E-state index in [0.29, 0.717) is 0 Å². The van der Waals surface area contributed by atoms with Crippen LogP contribution in [0.5, 0.6) is 0 Å². The van der Waals surface area contributed by atoms with Crippen LogP contribution in [0.25, 0.3) is 0 Å². The molecule has 0 heterocycles. The molecule has 106 valence electrons. The zero-order valence-corrected chi connectivity index (χ0v) is 15.7. The normalized spacial score (nSPS) is 12.4. The van der Waals surface area contributed by atoms with Crippen LogP contribution in [0, 0.1) is 17.4 Å². The van der Waals surface area contributed by atoms with E-state index < -0.39 is 0 Å². The number of nitrogens with one attached hydrogen (secondary N) is 1. The van der Waals surface area contributed by atoms with Crippen molar-refractivity contribution in [3.8, 4) is 0 Å². The third-order valence-corrected chi connectivity index (χ3v) is 5.04. The van der Waals surface area contributed by atoms with Gasteiger partial charge in [-0.2, -0.15) is 0 Å². The molecule has 2 aromatic carbocycles. The van der Waals surface area contributed by atoms with E-state index >= 15 is 0 Å². The first-order valence-electron chi connectivity index (χ1n) is 6.78. The molecule has 0 bridgehead atoms. The Morgan fingerprint density at radius 3 is 2.35 bits per heavy atom. The average molecular weight is 444 g/mol. The van der Waals surface area contributed by atoms with Crippen molar-refractivity contribution in [3.63, 3.8) is 0 Å². The van der Waals surface area contributed by atoms with Gasteiger partial charge >= 0.3 is 0 Å². The third-order valence-electron chi connectivity index (χ3n) is 3.47. The highest BCUT2D eigenvalue weighted by atomic mass is 127. The summed E-state index contributed by atoms with van der Waals surface area (Å²) in [6, 6.07) is 13.5. The van der Waals surface area contributed by atoms with Crippen LogP contribution in [0.4, 0.5) is 0 Å². The fourth-order valence-corrected chi connectivity index (χ4v) is 3.20. The van der Waals surface area contributed by atoms with Gasteiger partial charge in [0.15, 0.2) is 0 Å². The van der Waals surface area contributed by atoms with Crippen LogP contribution in [-0.4, -0.2) is 6.54 Å². The summed E-state index contributed by atoms with van der Waals surface area (Å²) in [6.45, 7) is 7.42. The lowest BCUT2D eigenvalue weighted by molar-refractivity contribution is 0.627. The summed E-state index contributed by atoms with van der Waals surface area (Å²) in [4.78, 5) is 0. The molecular formula is C17H19BrIN. The molecule has 20 heavy (non-hydrogen) atoms. The number of aryl methyl sites for hydroxylation is 2. The van der Waals surface area contributed by atoms with E-state index in [2.05, 4.69) is 101 Å². The van der Waals surface area contributed by atoms with Gasteiger partial charge in [-0.1, -0.05) is 41.1 Å². The molecule has 0 aliphatic carbocycles. The van der Waals surface area contributed by atoms with Gasteiger partial charge in [-0.3, -0.25) is 0 Å². The Bertz CT molecular complexity index is 593. The molecule has 0 aliphatic heterocycles. The van der Waals surface area contributed by atoms with Crippen molar-refractivity contribution in [1.29, 1.82) is 0 Å². The summed E-state index contributed by atoms with van der Waals surface area (Å²) in [5.41, 5.74) is 5.26. The average Bonchev–Trinajstić information content (AvgIpc) is 2.42. The molecule has 0 aromatic heterocycles. The summed E-state index contributed by atoms with van der Waals surface area (Å²) in [7, 11) is 0. The highest BCUT2D eigenvalue weighted by Gasteiger charge is 2.16. The zero-order valence-electron chi connectivity index (χ0n) is 12.0. The smallest absolute Gasteiger partial charge is 0.0579 e. The Balaban J connectivity index is 2.48. The van der Waals surface area contributed by atoms with Gasteiger partial charge in [0.2, 0.25) is 0 Å². The van der Waals surface area contributed by atoms with Crippen LogP contribution >= 0.6 is 38.5 Å². The summed E-state index contributed by atoms with van der Waals surface area (Å²) >= 11 is 5.96. The van der Waals surface area contributed by atoms with Crippen molar-refractivity contribution in [1.82, 2.24) is 5.32 Å². The van der Waals surface area contributed by atoms with Gasteiger partial charge in [-0.25, -0.2) is 0 Å². The second-order valence-corrected chi connectivity index (χ2v) is 7.10. The van der Waals surface area contributed by atoms with E-state index in [4.69, 9.17) is 0 Å². The van der Waals surface area contributed by atoms with Gasteiger partial charge in [0.1, 0.15) is 0 Å². The molecule has 0 fully saturated rings. The van der Waals surface area contributed by atoms with Crippen LogP contribution < -0.4 is 5.32 Å². The first kappa shape index (κ1) is 16.0. The van der Waals surface area contributed by atoms with Crippen molar-refractivity contribution >= 4 is 38.5 Å². The Hall–Kier alpha value is -0.390. The predicted octanol–water partition coefficient (Wildman–Crippen LogP) is 5.37. The van der Waals surface area contributed by atoms with Crippen LogP contribution in [-0.2, 0) is 0 Å². The Kier molecular flexibility index (Phi) is 5.64. The van der Waals surface area contributed by atoms with Crippen LogP contribution in [0.3, 0.4) is 0 Å². The van der Waals surface area contributed by atoms with Gasteiger partial charge < -0.3 is 5.32 Å². The second-order valence-electron chi connectivity index (χ2n) is 5.00. The molecule has 0 saturated carbocycles. The lowest BCUT2D eigenvalue weighted by atomic mass is 9.93. The van der Waals surface area contributed by atoms with Crippen molar-refractivity contribution in [3.05, 3.63) is 66.7 Å². The topological polar surface area (TPSA) is 12.0 Å². The fraction of sp³-hybridized carbons (Fsp3) is 0.294. The lowest BCUT2D eigenvalue weighted by Crippen LogP contribution is -2.23. The minimum atomic E-state index is 0.254. The van der Waals surface area contributed by atoms with Gasteiger partial charge in [-0.15, -0.1) is 0 Å². The molecular weight excluding hydrogens is 425 g/mol. The van der Waals surface area contributed by atoms with Crippen molar-refractivity contribution in [2.24, 2.45) is 0 Å². The molecule has 0 radical (unpaired) electrons. The van der Waals surface area contributed by atoms with E-state index in [9.17, 15) is 0 Å². The van der Waals surface area contributed by atoms with Gasteiger partial charge in [0, 0.05) is 8.04 Å². The van der Waals surface area contributed by atoms with Gasteiger partial charge in [-0.05, 0) is 83.4 Å². The van der Waals surface area contributed by atoms with Crippen molar-refractivity contribution < 1.29 is 0 Å². The van der Waals surface area contributed by atoms with Gasteiger partial charge in [0.05, 0.1) is 6.04 Å². The number of hydrogen-bond acceptors (Lipinski definition) is 1. The molecule has 1 atom stereocenters. The van der Waals surface area contributed by atoms with Crippen molar-refractivity contribution in [2.45, 2.75) is 26.8 Å². The maximum atomic E-state index is 3.61. The fourth-order valence-electron chi connectivity index (χ4n) is 2.38. The minimum absolute atomic E-state index is 0.254. The SMILES string of the molecule is CCNC(c1ccc(I)cc1)c1cc(C)c(Br)cc1C. The van der Waals surface area contributed by atoms with Crippen LogP contribution in [0.2, 0.25) is 0 Å². The van der Waals surface area contributed by atoms with Crippen molar-refractivity contribution in [2.75, 3.05) is 6.54 Å². The summed E-state index contributed by atoms with van der Waals surface area (Å²) in [5, 5.41) is 3.60. The summed E-state index contributed by atoms with van der Waals surface area (Å²) in [5.74, 6) is 0. The van der Waals surface area contributed by atoms with Crippen LogP contribution in [0.15, 0.2) is 40.9 Å². The first-order chi connectivity index (χ1) is 9.52. The standard InChI is InChI=1S/C17H19BrIN/c1-4-20-17(13-5-7-14(19)8-6-13)15-9-12(3)16(18)10-11(15)2/h5-10,17,20H,4H2,1-3H3. The molecule has 0 aliphatic rings. The quantitative estimate of drug-likeness (QED) is 0.626. The van der Waals surface area contributed by atoms with E-state index in [-0.39, 0.29) is 6.04 Å². The maximum Gasteiger partial charge on any atom is 0.0579 e. The molecule has 0 saturated heterocycles. The van der Waals surface area contributed by atoms with E-state index in [1.807, 2.05) is 0 Å². The van der Waals surface area contributed by atoms with E-state index in [1.165, 1.54) is 30.3 Å². The number of benzene rings is 2. The molecule has 3 heteroatoms. The summed E-state index contributed by atoms with van der Waals surface area (Å²) in [6.07, 6.45) is 0. The first-order valence-corrected chi connectivity index (χ1v) is 8.65. The predicted molar refractivity (Wildman–Crippen MR) is 98.3 cm³/mol.